The second-order valence-corrected chi connectivity index (χ2v) is 10.8. The van der Waals surface area contributed by atoms with E-state index in [0.717, 1.165) is 49.8 Å². The Balaban J connectivity index is 2.10. The van der Waals surface area contributed by atoms with Crippen LogP contribution in [0.1, 0.15) is 134 Å². The van der Waals surface area contributed by atoms with Crippen LogP contribution < -0.4 is 4.74 Å². The van der Waals surface area contributed by atoms with Gasteiger partial charge in [-0.15, -0.1) is 0 Å². The maximum atomic E-state index is 10.1. The van der Waals surface area contributed by atoms with Gasteiger partial charge < -0.3 is 19.7 Å². The van der Waals surface area contributed by atoms with Crippen LogP contribution >= 0.6 is 0 Å². The van der Waals surface area contributed by atoms with Crippen molar-refractivity contribution < 1.29 is 19.7 Å². The fourth-order valence-electron chi connectivity index (χ4n) is 4.86. The fourth-order valence-corrected chi connectivity index (χ4v) is 4.86. The van der Waals surface area contributed by atoms with Gasteiger partial charge in [0.1, 0.15) is 11.5 Å². The number of hydrogen-bond acceptors (Lipinski definition) is 4. The van der Waals surface area contributed by atoms with Gasteiger partial charge in [-0.3, -0.25) is 0 Å². The molecule has 0 radical (unpaired) electrons. The van der Waals surface area contributed by atoms with E-state index in [1.54, 1.807) is 0 Å². The first kappa shape index (κ1) is 32.6. The Morgan fingerprint density at radius 3 is 1.69 bits per heavy atom. The average Bonchev–Trinajstić information content (AvgIpc) is 2.94. The van der Waals surface area contributed by atoms with Gasteiger partial charge >= 0.3 is 5.95 Å². The summed E-state index contributed by atoms with van der Waals surface area (Å²) >= 11 is 0. The lowest BCUT2D eigenvalue weighted by Crippen LogP contribution is -2.02. The molecule has 0 bridgehead atoms. The Bertz CT molecular complexity index is 928. The van der Waals surface area contributed by atoms with Crippen molar-refractivity contribution >= 4 is 5.76 Å². The molecular weight excluding hydrogens is 484 g/mol. The molecular formula is C35H54O4. The lowest BCUT2D eigenvalue weighted by molar-refractivity contribution is 0.161. The second-order valence-electron chi connectivity index (χ2n) is 10.8. The van der Waals surface area contributed by atoms with Crippen molar-refractivity contribution in [2.45, 2.75) is 130 Å². The van der Waals surface area contributed by atoms with Gasteiger partial charge in [0.15, 0.2) is 0 Å². The molecule has 0 aliphatic rings. The van der Waals surface area contributed by atoms with Crippen LogP contribution in [0.25, 0.3) is 5.76 Å². The van der Waals surface area contributed by atoms with E-state index in [1.807, 2.05) is 24.3 Å². The molecule has 39 heavy (non-hydrogen) atoms. The van der Waals surface area contributed by atoms with E-state index in [2.05, 4.69) is 39.0 Å². The van der Waals surface area contributed by atoms with E-state index >= 15 is 0 Å². The van der Waals surface area contributed by atoms with Crippen molar-refractivity contribution in [3.05, 3.63) is 65.1 Å². The van der Waals surface area contributed by atoms with Crippen molar-refractivity contribution in [3.8, 4) is 11.5 Å². The summed E-state index contributed by atoms with van der Waals surface area (Å²) in [6.07, 6.45) is 20.2. The summed E-state index contributed by atoms with van der Waals surface area (Å²) in [5, 5.41) is 20.3. The predicted octanol–water partition coefficient (Wildman–Crippen LogP) is 11.2. The normalized spacial score (nSPS) is 10.9. The van der Waals surface area contributed by atoms with Gasteiger partial charge in [0, 0.05) is 0 Å². The van der Waals surface area contributed by atoms with Gasteiger partial charge in [-0.2, -0.15) is 0 Å². The molecule has 4 heteroatoms. The van der Waals surface area contributed by atoms with Crippen LogP contribution in [-0.2, 0) is 17.6 Å². The topological polar surface area (TPSA) is 58.9 Å². The van der Waals surface area contributed by atoms with Gasteiger partial charge in [0.05, 0.1) is 12.2 Å². The molecule has 0 fully saturated rings. The summed E-state index contributed by atoms with van der Waals surface area (Å²) in [6, 6.07) is 14.3. The maximum absolute atomic E-state index is 10.1. The highest BCUT2D eigenvalue weighted by Gasteiger charge is 2.18. The molecule has 2 rings (SSSR count). The third-order valence-electron chi connectivity index (χ3n) is 7.28. The van der Waals surface area contributed by atoms with Crippen LogP contribution in [0.3, 0.4) is 0 Å². The highest BCUT2D eigenvalue weighted by molar-refractivity contribution is 5.67. The minimum atomic E-state index is -0.803. The van der Waals surface area contributed by atoms with Gasteiger partial charge in [-0.1, -0.05) is 116 Å². The molecule has 0 aliphatic heterocycles. The number of hydrogen-bond donors (Lipinski definition) is 2. The number of ether oxygens (including phenoxy) is 2. The zero-order valence-electron chi connectivity index (χ0n) is 25.0. The first-order valence-corrected chi connectivity index (χ1v) is 15.7. The highest BCUT2D eigenvalue weighted by atomic mass is 16.5. The van der Waals surface area contributed by atoms with Crippen molar-refractivity contribution in [1.82, 2.24) is 0 Å². The lowest BCUT2D eigenvalue weighted by atomic mass is 10.0. The monoisotopic (exact) mass is 538 g/mol. The number of benzene rings is 2. The van der Waals surface area contributed by atoms with Crippen LogP contribution in [-0.4, -0.2) is 16.8 Å². The smallest absolute Gasteiger partial charge is 0.319 e. The van der Waals surface area contributed by atoms with Gasteiger partial charge in [-0.05, 0) is 67.5 Å². The number of aliphatic hydroxyl groups is 2. The van der Waals surface area contributed by atoms with E-state index < -0.39 is 5.95 Å². The first-order valence-electron chi connectivity index (χ1n) is 15.7. The quantitative estimate of drug-likeness (QED) is 0.116. The Morgan fingerprint density at radius 2 is 1.10 bits per heavy atom. The van der Waals surface area contributed by atoms with Crippen molar-refractivity contribution in [2.75, 3.05) is 6.61 Å². The molecule has 2 N–H and O–H groups in total. The van der Waals surface area contributed by atoms with Crippen molar-refractivity contribution in [3.63, 3.8) is 0 Å². The van der Waals surface area contributed by atoms with Crippen molar-refractivity contribution in [1.29, 1.82) is 0 Å². The third kappa shape index (κ3) is 13.3. The SMILES string of the molecule is CCCCCCCCc1ccc(Oc2ccc(CCCCCCCC)cc2C(OCCCCC)=C(O)O)cc1. The largest absolute Gasteiger partial charge is 0.486 e. The van der Waals surface area contributed by atoms with E-state index in [1.165, 1.54) is 76.2 Å². The molecule has 0 aliphatic carbocycles. The Hall–Kier alpha value is -2.62. The number of unbranched alkanes of at least 4 members (excludes halogenated alkanes) is 12. The predicted molar refractivity (Wildman–Crippen MR) is 165 cm³/mol. The minimum absolute atomic E-state index is 0.0885. The molecule has 0 unspecified atom stereocenters. The summed E-state index contributed by atoms with van der Waals surface area (Å²) in [6.45, 7) is 7.06. The lowest BCUT2D eigenvalue weighted by Gasteiger charge is -2.17. The number of aryl methyl sites for hydroxylation is 2. The van der Waals surface area contributed by atoms with Gasteiger partial charge in [0.2, 0.25) is 5.76 Å². The standard InChI is InChI=1S/C35H54O4/c1-4-7-10-12-14-16-19-29-21-24-31(25-22-29)39-33-26-23-30(20-17-15-13-11-8-5-2)28-32(33)34(35(36)37)38-27-18-9-6-3/h21-26,28,36-37H,4-20,27H2,1-3H3. The zero-order chi connectivity index (χ0) is 28.1. The molecule has 0 saturated carbocycles. The summed E-state index contributed by atoms with van der Waals surface area (Å²) in [5.74, 6) is 0.582. The number of rotatable bonds is 22. The Kier molecular flexibility index (Phi) is 17.0. The van der Waals surface area contributed by atoms with Crippen LogP contribution in [0.15, 0.2) is 48.4 Å². The second kappa shape index (κ2) is 20.3. The molecule has 0 aromatic heterocycles. The summed E-state index contributed by atoms with van der Waals surface area (Å²) in [7, 11) is 0. The molecule has 0 spiro atoms. The molecule has 0 amide bonds. The summed E-state index contributed by atoms with van der Waals surface area (Å²) in [4.78, 5) is 0. The van der Waals surface area contributed by atoms with Crippen molar-refractivity contribution in [2.24, 2.45) is 0 Å². The highest BCUT2D eigenvalue weighted by Crippen LogP contribution is 2.34. The van der Waals surface area contributed by atoms with Crippen LogP contribution in [0.2, 0.25) is 0 Å². The Morgan fingerprint density at radius 1 is 0.590 bits per heavy atom. The van der Waals surface area contributed by atoms with E-state index in [0.29, 0.717) is 17.9 Å². The molecule has 218 valence electrons. The number of aliphatic hydroxyl groups excluding tert-OH is 1. The summed E-state index contributed by atoms with van der Waals surface area (Å²) in [5.41, 5.74) is 3.06. The van der Waals surface area contributed by atoms with Gasteiger partial charge in [0.25, 0.3) is 0 Å². The maximum Gasteiger partial charge on any atom is 0.319 e. The first-order chi connectivity index (χ1) is 19.1. The van der Waals surface area contributed by atoms with E-state index in [4.69, 9.17) is 9.47 Å². The molecule has 0 heterocycles. The molecule has 2 aromatic rings. The molecule has 4 nitrogen and oxygen atoms in total. The average molecular weight is 539 g/mol. The Labute approximate surface area is 238 Å². The molecule has 2 aromatic carbocycles. The van der Waals surface area contributed by atoms with Crippen LogP contribution in [0, 0.1) is 0 Å². The van der Waals surface area contributed by atoms with E-state index in [9.17, 15) is 10.2 Å². The molecule has 0 atom stereocenters. The van der Waals surface area contributed by atoms with Crippen LogP contribution in [0.4, 0.5) is 0 Å². The van der Waals surface area contributed by atoms with Crippen LogP contribution in [0.5, 0.6) is 11.5 Å². The van der Waals surface area contributed by atoms with E-state index in [-0.39, 0.29) is 5.76 Å². The summed E-state index contributed by atoms with van der Waals surface area (Å²) < 4.78 is 12.2. The fraction of sp³-hybridized carbons (Fsp3) is 0.600. The zero-order valence-corrected chi connectivity index (χ0v) is 25.0. The third-order valence-corrected chi connectivity index (χ3v) is 7.28. The van der Waals surface area contributed by atoms with Gasteiger partial charge in [-0.25, -0.2) is 0 Å². The minimum Gasteiger partial charge on any atom is -0.486 e. The molecule has 0 saturated heterocycles.